The first-order chi connectivity index (χ1) is 8.65. The molecule has 0 saturated heterocycles. The van der Waals surface area contributed by atoms with E-state index in [2.05, 4.69) is 11.9 Å². The van der Waals surface area contributed by atoms with Crippen LogP contribution in [0.4, 0.5) is 11.5 Å². The maximum atomic E-state index is 10.5. The van der Waals surface area contributed by atoms with Gasteiger partial charge >= 0.3 is 5.69 Å². The number of pyridine rings is 1. The molecule has 1 aromatic rings. The summed E-state index contributed by atoms with van der Waals surface area (Å²) in [6, 6.07) is 2.69. The number of ether oxygens (including phenoxy) is 2. The molecular weight excluding hydrogens is 238 g/mol. The lowest BCUT2D eigenvalue weighted by Gasteiger charge is -2.06. The summed E-state index contributed by atoms with van der Waals surface area (Å²) < 4.78 is 10.6. The maximum Gasteiger partial charge on any atom is 0.311 e. The molecule has 0 bridgehead atoms. The molecule has 0 saturated carbocycles. The third-order valence-electron chi connectivity index (χ3n) is 2.19. The van der Waals surface area contributed by atoms with Crippen LogP contribution in [0.2, 0.25) is 0 Å². The van der Waals surface area contributed by atoms with Crippen LogP contribution in [0.15, 0.2) is 12.1 Å². The highest BCUT2D eigenvalue weighted by atomic mass is 16.6. The Morgan fingerprint density at radius 1 is 1.39 bits per heavy atom. The van der Waals surface area contributed by atoms with Gasteiger partial charge in [0.2, 0.25) is 11.7 Å². The Balaban J connectivity index is 2.35. The molecule has 0 fully saturated rings. The van der Waals surface area contributed by atoms with Crippen LogP contribution in [0.3, 0.4) is 0 Å². The lowest BCUT2D eigenvalue weighted by Crippen LogP contribution is -2.09. The van der Waals surface area contributed by atoms with Crippen LogP contribution in [0.25, 0.3) is 0 Å². The van der Waals surface area contributed by atoms with E-state index in [1.165, 1.54) is 12.1 Å². The van der Waals surface area contributed by atoms with E-state index in [-0.39, 0.29) is 17.4 Å². The fraction of sp³-hybridized carbons (Fsp3) is 0.545. The second-order valence-corrected chi connectivity index (χ2v) is 3.63. The van der Waals surface area contributed by atoms with Crippen LogP contribution in [-0.2, 0) is 4.74 Å². The van der Waals surface area contributed by atoms with Gasteiger partial charge in [0.1, 0.15) is 6.61 Å². The molecule has 0 amide bonds. The quantitative estimate of drug-likeness (QED) is 0.431. The summed E-state index contributed by atoms with van der Waals surface area (Å²) in [5.41, 5.74) is 5.21. The number of nitrogens with two attached hydrogens (primary N) is 1. The van der Waals surface area contributed by atoms with E-state index in [4.69, 9.17) is 15.2 Å². The number of rotatable bonds is 8. The number of unbranched alkanes of at least 4 members (excludes halogenated alkanes) is 1. The van der Waals surface area contributed by atoms with Gasteiger partial charge in [0.05, 0.1) is 11.5 Å². The van der Waals surface area contributed by atoms with Crippen molar-refractivity contribution in [2.24, 2.45) is 0 Å². The van der Waals surface area contributed by atoms with E-state index in [0.717, 1.165) is 12.8 Å². The highest BCUT2D eigenvalue weighted by molar-refractivity contribution is 5.53. The molecule has 7 heteroatoms. The van der Waals surface area contributed by atoms with Crippen molar-refractivity contribution >= 4 is 11.5 Å². The molecule has 100 valence electrons. The summed E-state index contributed by atoms with van der Waals surface area (Å²) in [6.07, 6.45) is 2.10. The number of nitro groups is 1. The molecule has 0 aromatic carbocycles. The summed E-state index contributed by atoms with van der Waals surface area (Å²) in [4.78, 5) is 13.7. The van der Waals surface area contributed by atoms with E-state index in [1.807, 2.05) is 0 Å². The highest BCUT2D eigenvalue weighted by Gasteiger charge is 2.13. The van der Waals surface area contributed by atoms with Gasteiger partial charge in [-0.05, 0) is 6.42 Å². The molecule has 0 unspecified atom stereocenters. The molecule has 0 spiro atoms. The van der Waals surface area contributed by atoms with Crippen molar-refractivity contribution < 1.29 is 14.4 Å². The molecule has 18 heavy (non-hydrogen) atoms. The zero-order valence-corrected chi connectivity index (χ0v) is 10.3. The Bertz CT molecular complexity index is 398. The van der Waals surface area contributed by atoms with Gasteiger partial charge in [-0.15, -0.1) is 0 Å². The van der Waals surface area contributed by atoms with E-state index < -0.39 is 4.92 Å². The second kappa shape index (κ2) is 7.44. The van der Waals surface area contributed by atoms with Crippen LogP contribution < -0.4 is 10.5 Å². The predicted octanol–water partition coefficient (Wildman–Crippen LogP) is 1.77. The standard InChI is InChI=1S/C11H17N3O4/c1-2-3-6-17-7-8-18-10-5-4-9(14(15)16)11(12)13-10/h4-5H,2-3,6-8H2,1H3,(H2,12,13). The van der Waals surface area contributed by atoms with E-state index in [1.54, 1.807) is 0 Å². The fourth-order valence-electron chi connectivity index (χ4n) is 1.24. The fourth-order valence-corrected chi connectivity index (χ4v) is 1.24. The van der Waals surface area contributed by atoms with Crippen molar-refractivity contribution in [1.82, 2.24) is 4.98 Å². The van der Waals surface area contributed by atoms with Crippen molar-refractivity contribution in [1.29, 1.82) is 0 Å². The molecule has 0 aliphatic heterocycles. The first kappa shape index (κ1) is 14.2. The van der Waals surface area contributed by atoms with Crippen LogP contribution in [-0.4, -0.2) is 29.7 Å². The Kier molecular flexibility index (Phi) is 5.86. The molecule has 7 nitrogen and oxygen atoms in total. The normalized spacial score (nSPS) is 10.3. The third kappa shape index (κ3) is 4.54. The molecule has 1 heterocycles. The van der Waals surface area contributed by atoms with Crippen LogP contribution >= 0.6 is 0 Å². The van der Waals surface area contributed by atoms with Gasteiger partial charge in [0, 0.05) is 18.7 Å². The van der Waals surface area contributed by atoms with Crippen molar-refractivity contribution in [2.45, 2.75) is 19.8 Å². The summed E-state index contributed by atoms with van der Waals surface area (Å²) in [5, 5.41) is 10.5. The Hall–Kier alpha value is -1.89. The highest BCUT2D eigenvalue weighted by Crippen LogP contribution is 2.21. The average Bonchev–Trinajstić information content (AvgIpc) is 2.33. The van der Waals surface area contributed by atoms with Crippen LogP contribution in [0.1, 0.15) is 19.8 Å². The van der Waals surface area contributed by atoms with Crippen LogP contribution in [0, 0.1) is 10.1 Å². The summed E-state index contributed by atoms with van der Waals surface area (Å²) in [6.45, 7) is 3.59. The average molecular weight is 255 g/mol. The van der Waals surface area contributed by atoms with Crippen molar-refractivity contribution in [2.75, 3.05) is 25.6 Å². The smallest absolute Gasteiger partial charge is 0.311 e. The largest absolute Gasteiger partial charge is 0.475 e. The molecule has 0 radical (unpaired) electrons. The van der Waals surface area contributed by atoms with Crippen LogP contribution in [0.5, 0.6) is 5.88 Å². The molecule has 2 N–H and O–H groups in total. The number of hydrogen-bond donors (Lipinski definition) is 1. The minimum Gasteiger partial charge on any atom is -0.475 e. The topological polar surface area (TPSA) is 101 Å². The Morgan fingerprint density at radius 2 is 2.17 bits per heavy atom. The number of nitrogens with zero attached hydrogens (tertiary/aromatic N) is 2. The monoisotopic (exact) mass is 255 g/mol. The first-order valence-electron chi connectivity index (χ1n) is 5.76. The van der Waals surface area contributed by atoms with Gasteiger partial charge in [0.15, 0.2) is 0 Å². The Morgan fingerprint density at radius 3 is 2.78 bits per heavy atom. The zero-order valence-electron chi connectivity index (χ0n) is 10.3. The number of aromatic nitrogens is 1. The van der Waals surface area contributed by atoms with Gasteiger partial charge in [-0.25, -0.2) is 0 Å². The number of hydrogen-bond acceptors (Lipinski definition) is 6. The van der Waals surface area contributed by atoms with Gasteiger partial charge in [0.25, 0.3) is 0 Å². The molecule has 0 atom stereocenters. The third-order valence-corrected chi connectivity index (χ3v) is 2.19. The molecule has 0 aliphatic carbocycles. The first-order valence-corrected chi connectivity index (χ1v) is 5.76. The zero-order chi connectivity index (χ0) is 13.4. The van der Waals surface area contributed by atoms with E-state index in [0.29, 0.717) is 19.8 Å². The SMILES string of the molecule is CCCCOCCOc1ccc([N+](=O)[O-])c(N)n1. The van der Waals surface area contributed by atoms with Crippen molar-refractivity contribution in [3.05, 3.63) is 22.2 Å². The molecular formula is C11H17N3O4. The summed E-state index contributed by atoms with van der Waals surface area (Å²) >= 11 is 0. The maximum absolute atomic E-state index is 10.5. The predicted molar refractivity (Wildman–Crippen MR) is 66.5 cm³/mol. The molecule has 1 rings (SSSR count). The lowest BCUT2D eigenvalue weighted by atomic mass is 10.4. The van der Waals surface area contributed by atoms with E-state index in [9.17, 15) is 10.1 Å². The minimum atomic E-state index is -0.583. The van der Waals surface area contributed by atoms with Gasteiger partial charge in [-0.3, -0.25) is 10.1 Å². The Labute approximate surface area is 105 Å². The van der Waals surface area contributed by atoms with Gasteiger partial charge < -0.3 is 15.2 Å². The van der Waals surface area contributed by atoms with Gasteiger partial charge in [-0.2, -0.15) is 4.98 Å². The summed E-state index contributed by atoms with van der Waals surface area (Å²) in [5.74, 6) is 0.113. The number of anilines is 1. The second-order valence-electron chi connectivity index (χ2n) is 3.63. The minimum absolute atomic E-state index is 0.149. The number of nitrogen functional groups attached to an aromatic ring is 1. The lowest BCUT2D eigenvalue weighted by molar-refractivity contribution is -0.384. The van der Waals surface area contributed by atoms with Crippen molar-refractivity contribution in [3.8, 4) is 5.88 Å². The summed E-state index contributed by atoms with van der Waals surface area (Å²) in [7, 11) is 0. The van der Waals surface area contributed by atoms with E-state index >= 15 is 0 Å². The molecule has 0 aliphatic rings. The van der Waals surface area contributed by atoms with Crippen molar-refractivity contribution in [3.63, 3.8) is 0 Å². The molecule has 1 aromatic heterocycles. The van der Waals surface area contributed by atoms with Gasteiger partial charge in [-0.1, -0.05) is 13.3 Å².